The van der Waals surface area contributed by atoms with Crippen molar-refractivity contribution in [1.82, 2.24) is 9.13 Å². The maximum atomic E-state index is 12.8. The molecule has 1 aliphatic rings. The van der Waals surface area contributed by atoms with Gasteiger partial charge >= 0.3 is 11.7 Å². The van der Waals surface area contributed by atoms with Crippen molar-refractivity contribution in [2.45, 2.75) is 65.0 Å². The van der Waals surface area contributed by atoms with Crippen LogP contribution in [0.4, 0.5) is 0 Å². The lowest BCUT2D eigenvalue weighted by Crippen LogP contribution is -2.29. The summed E-state index contributed by atoms with van der Waals surface area (Å²) >= 11 is 0. The number of nitrogens with zero attached hydrogens (tertiary/aromatic N) is 2. The Morgan fingerprint density at radius 2 is 1.92 bits per heavy atom. The molecule has 1 fully saturated rings. The van der Waals surface area contributed by atoms with E-state index in [2.05, 4.69) is 6.92 Å². The number of ether oxygens (including phenoxy) is 1. The Labute approximate surface area is 142 Å². The average molecular weight is 330 g/mol. The van der Waals surface area contributed by atoms with Crippen molar-refractivity contribution in [3.8, 4) is 0 Å². The number of aryl methyl sites for hydroxylation is 2. The summed E-state index contributed by atoms with van der Waals surface area (Å²) in [6, 6.07) is 4.02. The first-order chi connectivity index (χ1) is 11.0. The molecule has 3 rings (SSSR count). The van der Waals surface area contributed by atoms with Crippen LogP contribution in [0.5, 0.6) is 0 Å². The summed E-state index contributed by atoms with van der Waals surface area (Å²) in [6.07, 6.45) is 2.20. The van der Waals surface area contributed by atoms with Crippen molar-refractivity contribution in [1.29, 1.82) is 0 Å². The van der Waals surface area contributed by atoms with Crippen molar-refractivity contribution in [2.24, 2.45) is 7.05 Å². The molecule has 1 heterocycles. The Morgan fingerprint density at radius 1 is 1.29 bits per heavy atom. The second-order valence-electron chi connectivity index (χ2n) is 8.23. The smallest absolute Gasteiger partial charge is 0.329 e. The van der Waals surface area contributed by atoms with Gasteiger partial charge in [-0.05, 0) is 64.7 Å². The van der Waals surface area contributed by atoms with E-state index in [1.165, 1.54) is 0 Å². The number of hydrogen-bond donors (Lipinski definition) is 0. The van der Waals surface area contributed by atoms with Gasteiger partial charge in [0.15, 0.2) is 0 Å². The number of aromatic nitrogens is 2. The zero-order valence-corrected chi connectivity index (χ0v) is 15.4. The van der Waals surface area contributed by atoms with Crippen molar-refractivity contribution in [3.05, 3.63) is 33.7 Å². The minimum atomic E-state index is -0.515. The second-order valence-corrected chi connectivity index (χ2v) is 8.23. The normalized spacial score (nSPS) is 16.4. The summed E-state index contributed by atoms with van der Waals surface area (Å²) in [5, 5.41) is 0. The molecule has 0 radical (unpaired) electrons. The van der Waals surface area contributed by atoms with Gasteiger partial charge in [0.05, 0.1) is 17.5 Å². The molecule has 0 bridgehead atoms. The van der Waals surface area contributed by atoms with Crippen molar-refractivity contribution < 1.29 is 9.53 Å². The van der Waals surface area contributed by atoms with Crippen LogP contribution in [0.3, 0.4) is 0 Å². The molecule has 0 amide bonds. The Morgan fingerprint density at radius 3 is 2.46 bits per heavy atom. The molecule has 0 unspecified atom stereocenters. The Bertz CT molecular complexity index is 877. The summed E-state index contributed by atoms with van der Waals surface area (Å²) in [6.45, 7) is 9.68. The van der Waals surface area contributed by atoms with E-state index in [1.54, 1.807) is 11.6 Å². The SMILES string of the molecule is Cc1cc(CC(=O)OC(C)(C)C)c2c(c1)n(C1(C)CC1)c(=O)n2C. The van der Waals surface area contributed by atoms with E-state index in [0.29, 0.717) is 0 Å². The van der Waals surface area contributed by atoms with Gasteiger partial charge in [0.1, 0.15) is 5.60 Å². The van der Waals surface area contributed by atoms with Crippen LogP contribution in [-0.2, 0) is 28.5 Å². The number of carbonyl (C=O) groups excluding carboxylic acids is 1. The Balaban J connectivity index is 2.13. The molecule has 5 heteroatoms. The highest BCUT2D eigenvalue weighted by Gasteiger charge is 2.42. The van der Waals surface area contributed by atoms with E-state index >= 15 is 0 Å². The standard InChI is InChI=1S/C19H26N2O3/c1-12-9-13(11-15(22)24-18(2,3)4)16-14(10-12)21(17(23)20(16)6)19(5)7-8-19/h9-10H,7-8,11H2,1-6H3. The van der Waals surface area contributed by atoms with E-state index < -0.39 is 5.60 Å². The first-order valence-corrected chi connectivity index (χ1v) is 8.45. The van der Waals surface area contributed by atoms with Crippen molar-refractivity contribution in [2.75, 3.05) is 0 Å². The number of benzene rings is 1. The van der Waals surface area contributed by atoms with Crippen LogP contribution in [0.2, 0.25) is 0 Å². The van der Waals surface area contributed by atoms with Gasteiger partial charge in [0.25, 0.3) is 0 Å². The first-order valence-electron chi connectivity index (χ1n) is 8.45. The van der Waals surface area contributed by atoms with Crippen LogP contribution in [0.15, 0.2) is 16.9 Å². The van der Waals surface area contributed by atoms with E-state index in [1.807, 2.05) is 44.4 Å². The quantitative estimate of drug-likeness (QED) is 0.813. The van der Waals surface area contributed by atoms with E-state index in [4.69, 9.17) is 4.74 Å². The monoisotopic (exact) mass is 330 g/mol. The van der Waals surface area contributed by atoms with Gasteiger partial charge in [-0.25, -0.2) is 4.79 Å². The maximum absolute atomic E-state index is 12.8. The van der Waals surface area contributed by atoms with Crippen molar-refractivity contribution >= 4 is 17.0 Å². The van der Waals surface area contributed by atoms with Gasteiger partial charge in [0, 0.05) is 12.6 Å². The average Bonchev–Trinajstić information content (AvgIpc) is 3.07. The van der Waals surface area contributed by atoms with Gasteiger partial charge in [-0.15, -0.1) is 0 Å². The van der Waals surface area contributed by atoms with Gasteiger partial charge in [-0.2, -0.15) is 0 Å². The summed E-state index contributed by atoms with van der Waals surface area (Å²) in [7, 11) is 1.78. The largest absolute Gasteiger partial charge is 0.460 e. The van der Waals surface area contributed by atoms with Crippen LogP contribution in [0, 0.1) is 6.92 Å². The minimum Gasteiger partial charge on any atom is -0.460 e. The first kappa shape index (κ1) is 16.8. The van der Waals surface area contributed by atoms with Gasteiger partial charge in [-0.1, -0.05) is 6.07 Å². The number of rotatable bonds is 3. The van der Waals surface area contributed by atoms with Gasteiger partial charge < -0.3 is 4.74 Å². The zero-order valence-electron chi connectivity index (χ0n) is 15.4. The molecule has 1 aromatic heterocycles. The lowest BCUT2D eigenvalue weighted by atomic mass is 10.1. The zero-order chi connectivity index (χ0) is 17.9. The molecule has 2 aromatic rings. The fourth-order valence-electron chi connectivity index (χ4n) is 3.33. The molecule has 1 aromatic carbocycles. The molecule has 0 saturated heterocycles. The third kappa shape index (κ3) is 2.87. The Hall–Kier alpha value is -2.04. The number of esters is 1. The number of hydrogen-bond acceptors (Lipinski definition) is 3. The highest BCUT2D eigenvalue weighted by atomic mass is 16.6. The molecule has 0 spiro atoms. The molecule has 0 N–H and O–H groups in total. The second kappa shape index (κ2) is 5.23. The van der Waals surface area contributed by atoms with Crippen LogP contribution in [0.25, 0.3) is 11.0 Å². The molecule has 130 valence electrons. The highest BCUT2D eigenvalue weighted by molar-refractivity contribution is 5.86. The predicted octanol–water partition coefficient (Wildman–Crippen LogP) is 3.04. The van der Waals surface area contributed by atoms with Crippen LogP contribution in [0.1, 0.15) is 51.7 Å². The van der Waals surface area contributed by atoms with Crippen molar-refractivity contribution in [3.63, 3.8) is 0 Å². The highest BCUT2D eigenvalue weighted by Crippen LogP contribution is 2.43. The predicted molar refractivity (Wildman–Crippen MR) is 94.3 cm³/mol. The molecule has 1 aliphatic carbocycles. The number of imidazole rings is 1. The fraction of sp³-hybridized carbons (Fsp3) is 0.579. The van der Waals surface area contributed by atoms with E-state index in [0.717, 1.165) is 35.0 Å². The summed E-state index contributed by atoms with van der Waals surface area (Å²) in [4.78, 5) is 25.0. The minimum absolute atomic E-state index is 0.0129. The molecule has 0 atom stereocenters. The van der Waals surface area contributed by atoms with Crippen LogP contribution < -0.4 is 5.69 Å². The molecule has 5 nitrogen and oxygen atoms in total. The third-order valence-electron chi connectivity index (χ3n) is 4.64. The molecular formula is C19H26N2O3. The van der Waals surface area contributed by atoms with E-state index in [-0.39, 0.29) is 23.6 Å². The molecular weight excluding hydrogens is 304 g/mol. The Kier molecular flexibility index (Phi) is 3.66. The molecule has 24 heavy (non-hydrogen) atoms. The summed E-state index contributed by atoms with van der Waals surface area (Å²) in [5.74, 6) is -0.271. The lowest BCUT2D eigenvalue weighted by Gasteiger charge is -2.19. The third-order valence-corrected chi connectivity index (χ3v) is 4.64. The maximum Gasteiger partial charge on any atom is 0.329 e. The topological polar surface area (TPSA) is 53.2 Å². The van der Waals surface area contributed by atoms with E-state index in [9.17, 15) is 9.59 Å². The van der Waals surface area contributed by atoms with Gasteiger partial charge in [-0.3, -0.25) is 13.9 Å². The van der Waals surface area contributed by atoms with Crippen LogP contribution >= 0.6 is 0 Å². The fourth-order valence-corrected chi connectivity index (χ4v) is 3.33. The lowest BCUT2D eigenvalue weighted by molar-refractivity contribution is -0.153. The van der Waals surface area contributed by atoms with Crippen LogP contribution in [-0.4, -0.2) is 20.7 Å². The molecule has 1 saturated carbocycles. The molecule has 0 aliphatic heterocycles. The summed E-state index contributed by atoms with van der Waals surface area (Å²) < 4.78 is 9.02. The van der Waals surface area contributed by atoms with Gasteiger partial charge in [0.2, 0.25) is 0 Å². The number of carbonyl (C=O) groups is 1. The number of fused-ring (bicyclic) bond motifs is 1. The summed E-state index contributed by atoms with van der Waals surface area (Å²) in [5.41, 5.74) is 3.03.